The number of nitriles is 1. The SMILES string of the molecule is COc1ccc([C@H]2C(C#N)=C(SCC(N)=O)NC3=C2C(=O)CC(C)(C)C3)cc1OC. The fourth-order valence-corrected chi connectivity index (χ4v) is 4.80. The van der Waals surface area contributed by atoms with E-state index in [1.165, 1.54) is 18.9 Å². The largest absolute Gasteiger partial charge is 0.493 e. The van der Waals surface area contributed by atoms with Crippen molar-refractivity contribution in [3.63, 3.8) is 0 Å². The van der Waals surface area contributed by atoms with Crippen LogP contribution in [0.25, 0.3) is 0 Å². The predicted molar refractivity (Wildman–Crippen MR) is 115 cm³/mol. The fraction of sp³-hybridized carbons (Fsp3) is 0.409. The fourth-order valence-electron chi connectivity index (χ4n) is 4.00. The molecule has 0 radical (unpaired) electrons. The molecule has 30 heavy (non-hydrogen) atoms. The molecular weight excluding hydrogens is 402 g/mol. The molecule has 1 aromatic rings. The predicted octanol–water partition coefficient (Wildman–Crippen LogP) is 2.99. The lowest BCUT2D eigenvalue weighted by Gasteiger charge is -2.39. The first-order valence-corrected chi connectivity index (χ1v) is 10.5. The van der Waals surface area contributed by atoms with Crippen LogP contribution in [0.4, 0.5) is 0 Å². The van der Waals surface area contributed by atoms with Gasteiger partial charge in [-0.05, 0) is 29.5 Å². The number of ether oxygens (including phenoxy) is 2. The van der Waals surface area contributed by atoms with E-state index in [2.05, 4.69) is 11.4 Å². The van der Waals surface area contributed by atoms with Crippen molar-refractivity contribution in [1.29, 1.82) is 5.26 Å². The van der Waals surface area contributed by atoms with Crippen LogP contribution in [-0.4, -0.2) is 31.7 Å². The van der Waals surface area contributed by atoms with Crippen molar-refractivity contribution in [1.82, 2.24) is 5.32 Å². The quantitative estimate of drug-likeness (QED) is 0.717. The molecule has 8 heteroatoms. The van der Waals surface area contributed by atoms with Gasteiger partial charge in [-0.3, -0.25) is 9.59 Å². The van der Waals surface area contributed by atoms with Gasteiger partial charge in [0.1, 0.15) is 0 Å². The summed E-state index contributed by atoms with van der Waals surface area (Å²) in [4.78, 5) is 24.5. The van der Waals surface area contributed by atoms with E-state index in [4.69, 9.17) is 15.2 Å². The molecule has 158 valence electrons. The van der Waals surface area contributed by atoms with Crippen LogP contribution in [0.5, 0.6) is 11.5 Å². The monoisotopic (exact) mass is 427 g/mol. The van der Waals surface area contributed by atoms with Crippen LogP contribution in [0.3, 0.4) is 0 Å². The minimum Gasteiger partial charge on any atom is -0.493 e. The van der Waals surface area contributed by atoms with Crippen molar-refractivity contribution in [2.45, 2.75) is 32.6 Å². The normalized spacial score (nSPS) is 20.2. The van der Waals surface area contributed by atoms with E-state index in [1.807, 2.05) is 19.9 Å². The number of carbonyl (C=O) groups excluding carboxylic acids is 2. The maximum Gasteiger partial charge on any atom is 0.227 e. The third-order valence-corrected chi connectivity index (χ3v) is 6.27. The summed E-state index contributed by atoms with van der Waals surface area (Å²) in [5.41, 5.74) is 7.65. The van der Waals surface area contributed by atoms with Crippen molar-refractivity contribution >= 4 is 23.5 Å². The number of nitrogens with one attached hydrogen (secondary N) is 1. The molecule has 3 N–H and O–H groups in total. The Labute approximate surface area is 180 Å². The van der Waals surface area contributed by atoms with Crippen LogP contribution in [0.1, 0.15) is 38.2 Å². The van der Waals surface area contributed by atoms with E-state index in [9.17, 15) is 14.9 Å². The lowest BCUT2D eigenvalue weighted by molar-refractivity contribution is -0.118. The van der Waals surface area contributed by atoms with E-state index in [0.717, 1.165) is 11.3 Å². The number of allylic oxidation sites excluding steroid dienone is 3. The summed E-state index contributed by atoms with van der Waals surface area (Å²) in [7, 11) is 3.09. The van der Waals surface area contributed by atoms with E-state index in [1.54, 1.807) is 19.2 Å². The standard InChI is InChI=1S/C22H25N3O4S/c1-22(2)8-14-20(15(26)9-22)19(12-5-6-16(28-3)17(7-12)29-4)13(10-23)21(25-14)30-11-18(24)27/h5-7,19,25H,8-9,11H2,1-4H3,(H2,24,27)/t19-/m0/s1. The van der Waals surface area contributed by atoms with E-state index >= 15 is 0 Å². The highest BCUT2D eigenvalue weighted by molar-refractivity contribution is 8.03. The van der Waals surface area contributed by atoms with Gasteiger partial charge >= 0.3 is 0 Å². The second-order valence-corrected chi connectivity index (χ2v) is 9.10. The number of nitrogens with two attached hydrogens (primary N) is 1. The molecule has 1 heterocycles. The molecule has 0 spiro atoms. The first kappa shape index (κ1) is 21.8. The Balaban J connectivity index is 2.18. The average Bonchev–Trinajstić information content (AvgIpc) is 2.69. The molecule has 1 aromatic carbocycles. The first-order valence-electron chi connectivity index (χ1n) is 9.51. The number of carbonyl (C=O) groups is 2. The van der Waals surface area contributed by atoms with Crippen molar-refractivity contribution in [3.8, 4) is 17.6 Å². The first-order chi connectivity index (χ1) is 14.2. The summed E-state index contributed by atoms with van der Waals surface area (Å²) in [6.45, 7) is 4.09. The summed E-state index contributed by atoms with van der Waals surface area (Å²) in [5.74, 6) is 0.0973. The highest BCUT2D eigenvalue weighted by Gasteiger charge is 2.42. The van der Waals surface area contributed by atoms with Gasteiger partial charge in [-0.2, -0.15) is 5.26 Å². The van der Waals surface area contributed by atoms with Gasteiger partial charge in [0.05, 0.1) is 42.6 Å². The second kappa shape index (κ2) is 8.44. The highest BCUT2D eigenvalue weighted by atomic mass is 32.2. The number of nitrogens with zero attached hydrogens (tertiary/aromatic N) is 1. The van der Waals surface area contributed by atoms with Gasteiger partial charge in [-0.25, -0.2) is 0 Å². The van der Waals surface area contributed by atoms with Crippen LogP contribution in [0.15, 0.2) is 40.1 Å². The molecule has 3 rings (SSSR count). The number of benzene rings is 1. The number of thioether (sulfide) groups is 1. The van der Waals surface area contributed by atoms with Crippen molar-refractivity contribution in [2.75, 3.05) is 20.0 Å². The van der Waals surface area contributed by atoms with Crippen LogP contribution in [0.2, 0.25) is 0 Å². The Morgan fingerprint density at radius 1 is 1.30 bits per heavy atom. The summed E-state index contributed by atoms with van der Waals surface area (Å²) in [6, 6.07) is 7.64. The van der Waals surface area contributed by atoms with Gasteiger partial charge in [-0.15, -0.1) is 0 Å². The Bertz CT molecular complexity index is 1000. The number of primary amides is 1. The zero-order valence-electron chi connectivity index (χ0n) is 17.5. The molecule has 0 fully saturated rings. The van der Waals surface area contributed by atoms with Gasteiger partial charge in [-0.1, -0.05) is 31.7 Å². The number of methoxy groups -OCH3 is 2. The topological polar surface area (TPSA) is 114 Å². The van der Waals surface area contributed by atoms with E-state index in [0.29, 0.717) is 40.5 Å². The van der Waals surface area contributed by atoms with E-state index in [-0.39, 0.29) is 17.0 Å². The zero-order chi connectivity index (χ0) is 22.1. The molecule has 0 saturated carbocycles. The van der Waals surface area contributed by atoms with Gasteiger partial charge < -0.3 is 20.5 Å². The van der Waals surface area contributed by atoms with Crippen LogP contribution < -0.4 is 20.5 Å². The highest BCUT2D eigenvalue weighted by Crippen LogP contribution is 2.48. The average molecular weight is 428 g/mol. The number of amides is 1. The smallest absolute Gasteiger partial charge is 0.227 e. The van der Waals surface area contributed by atoms with Gasteiger partial charge in [0, 0.05) is 17.7 Å². The minimum atomic E-state index is -0.551. The van der Waals surface area contributed by atoms with Crippen molar-refractivity contribution in [2.24, 2.45) is 11.1 Å². The minimum absolute atomic E-state index is 0.0141. The molecule has 1 atom stereocenters. The number of hydrogen-bond donors (Lipinski definition) is 2. The summed E-state index contributed by atoms with van der Waals surface area (Å²) in [6.07, 6.45) is 1.07. The number of rotatable bonds is 6. The molecule has 0 unspecified atom stereocenters. The summed E-state index contributed by atoms with van der Waals surface area (Å²) < 4.78 is 10.8. The zero-order valence-corrected chi connectivity index (χ0v) is 18.3. The lowest BCUT2D eigenvalue weighted by Crippen LogP contribution is -2.37. The Hall–Kier alpha value is -2.92. The molecule has 0 aromatic heterocycles. The maximum atomic E-state index is 13.2. The molecule has 7 nitrogen and oxygen atoms in total. The third kappa shape index (κ3) is 4.17. The van der Waals surface area contributed by atoms with Crippen LogP contribution in [0, 0.1) is 16.7 Å². The lowest BCUT2D eigenvalue weighted by atomic mass is 9.69. The van der Waals surface area contributed by atoms with Gasteiger partial charge in [0.25, 0.3) is 0 Å². The molecule has 1 aliphatic carbocycles. The third-order valence-electron chi connectivity index (χ3n) is 5.23. The Morgan fingerprint density at radius 2 is 2.00 bits per heavy atom. The molecule has 0 saturated heterocycles. The molecule has 1 amide bonds. The van der Waals surface area contributed by atoms with Crippen LogP contribution >= 0.6 is 11.8 Å². The number of dihydropyridines is 1. The molecular formula is C22H25N3O4S. The number of Topliss-reactive ketones (excluding diaryl/α,β-unsaturated/α-hetero) is 1. The summed E-state index contributed by atoms with van der Waals surface area (Å²) in [5, 5.41) is 13.8. The molecule has 2 aliphatic rings. The second-order valence-electron chi connectivity index (χ2n) is 8.12. The number of ketones is 1. The van der Waals surface area contributed by atoms with E-state index < -0.39 is 11.8 Å². The summed E-state index contributed by atoms with van der Waals surface area (Å²) >= 11 is 1.18. The number of hydrogen-bond acceptors (Lipinski definition) is 7. The van der Waals surface area contributed by atoms with Crippen LogP contribution in [-0.2, 0) is 9.59 Å². The molecule has 1 aliphatic heterocycles. The van der Waals surface area contributed by atoms with Gasteiger partial charge in [0.15, 0.2) is 17.3 Å². The Morgan fingerprint density at radius 3 is 2.60 bits per heavy atom. The maximum absolute atomic E-state index is 13.2. The van der Waals surface area contributed by atoms with Crippen molar-refractivity contribution < 1.29 is 19.1 Å². The van der Waals surface area contributed by atoms with Gasteiger partial charge in [0.2, 0.25) is 5.91 Å². The van der Waals surface area contributed by atoms with Crippen molar-refractivity contribution in [3.05, 3.63) is 45.6 Å². The Kier molecular flexibility index (Phi) is 6.13. The molecule has 0 bridgehead atoms.